The largest absolute Gasteiger partial charge is 0.394 e. The van der Waals surface area contributed by atoms with Crippen LogP contribution >= 0.6 is 0 Å². The van der Waals surface area contributed by atoms with Crippen molar-refractivity contribution in [2.24, 2.45) is 11.8 Å². The summed E-state index contributed by atoms with van der Waals surface area (Å²) in [6, 6.07) is -1.14. The molecule has 0 bridgehead atoms. The van der Waals surface area contributed by atoms with Crippen LogP contribution in [0.5, 0.6) is 0 Å². The lowest BCUT2D eigenvalue weighted by Crippen LogP contribution is -2.64. The molecule has 3 amide bonds. The lowest BCUT2D eigenvalue weighted by molar-refractivity contribution is -0.270. The molecule has 13 nitrogen and oxygen atoms in total. The number of likely N-dealkylation sites (tertiary alicyclic amines) is 1. The molecule has 1 saturated carbocycles. The van der Waals surface area contributed by atoms with Crippen molar-refractivity contribution < 1.29 is 49.0 Å². The highest BCUT2D eigenvalue weighted by Gasteiger charge is 2.45. The predicted octanol–water partition coefficient (Wildman–Crippen LogP) is 1.38. The van der Waals surface area contributed by atoms with E-state index in [1.54, 1.807) is 4.90 Å². The van der Waals surface area contributed by atoms with Crippen LogP contribution in [0, 0.1) is 11.8 Å². The molecule has 2 heterocycles. The third-order valence-electron chi connectivity index (χ3n) is 9.92. The highest BCUT2D eigenvalue weighted by molar-refractivity contribution is 5.77. The average molecular weight is 672 g/mol. The molecule has 47 heavy (non-hydrogen) atoms. The fourth-order valence-electron chi connectivity index (χ4n) is 7.03. The molecule has 1 aliphatic carbocycles. The molecular weight excluding hydrogens is 610 g/mol. The fraction of sp³-hybridized carbons (Fsp3) is 0.912. The Bertz CT molecular complexity index is 947. The van der Waals surface area contributed by atoms with Gasteiger partial charge in [-0.1, -0.05) is 26.7 Å². The van der Waals surface area contributed by atoms with Crippen LogP contribution in [0.1, 0.15) is 104 Å². The molecule has 272 valence electrons. The van der Waals surface area contributed by atoms with E-state index >= 15 is 0 Å². The van der Waals surface area contributed by atoms with Gasteiger partial charge in [0, 0.05) is 39.5 Å². The summed E-state index contributed by atoms with van der Waals surface area (Å²) in [6.07, 6.45) is 5.91. The normalized spacial score (nSPS) is 31.2. The molecule has 0 radical (unpaired) electrons. The first-order chi connectivity index (χ1) is 22.5. The first-order valence-electron chi connectivity index (χ1n) is 17.9. The van der Waals surface area contributed by atoms with Crippen LogP contribution in [-0.2, 0) is 28.6 Å². The molecule has 0 aromatic heterocycles. The van der Waals surface area contributed by atoms with Crippen molar-refractivity contribution in [2.75, 3.05) is 32.9 Å². The van der Waals surface area contributed by atoms with Gasteiger partial charge in [-0.15, -0.1) is 0 Å². The topological polar surface area (TPSA) is 187 Å². The van der Waals surface area contributed by atoms with E-state index in [0.29, 0.717) is 51.1 Å². The molecule has 2 saturated heterocycles. The maximum atomic E-state index is 12.9. The Morgan fingerprint density at radius 2 is 1.60 bits per heavy atom. The maximum Gasteiger partial charge on any atom is 0.222 e. The van der Waals surface area contributed by atoms with E-state index < -0.39 is 43.2 Å². The molecule has 0 aromatic carbocycles. The van der Waals surface area contributed by atoms with Crippen molar-refractivity contribution in [1.29, 1.82) is 0 Å². The van der Waals surface area contributed by atoms with E-state index in [1.165, 1.54) is 19.8 Å². The summed E-state index contributed by atoms with van der Waals surface area (Å²) in [7, 11) is 0. The zero-order valence-corrected chi connectivity index (χ0v) is 28.7. The van der Waals surface area contributed by atoms with Gasteiger partial charge >= 0.3 is 0 Å². The third-order valence-corrected chi connectivity index (χ3v) is 9.92. The molecule has 13 heteroatoms. The lowest BCUT2D eigenvalue weighted by atomic mass is 9.80. The second kappa shape index (κ2) is 20.6. The van der Waals surface area contributed by atoms with Gasteiger partial charge in [0.1, 0.15) is 24.4 Å². The Hall–Kier alpha value is -1.87. The van der Waals surface area contributed by atoms with Gasteiger partial charge in [-0.25, -0.2) is 0 Å². The Kier molecular flexibility index (Phi) is 17.3. The van der Waals surface area contributed by atoms with E-state index in [9.17, 15) is 34.8 Å². The van der Waals surface area contributed by atoms with Crippen molar-refractivity contribution in [3.63, 3.8) is 0 Å². The van der Waals surface area contributed by atoms with E-state index in [0.717, 1.165) is 44.4 Å². The van der Waals surface area contributed by atoms with Gasteiger partial charge < -0.3 is 50.2 Å². The van der Waals surface area contributed by atoms with Crippen LogP contribution in [0.3, 0.4) is 0 Å². The van der Waals surface area contributed by atoms with Gasteiger partial charge in [0.15, 0.2) is 6.29 Å². The number of hydrogen-bond acceptors (Lipinski definition) is 10. The first-order valence-corrected chi connectivity index (χ1v) is 17.9. The van der Waals surface area contributed by atoms with Gasteiger partial charge in [-0.2, -0.15) is 0 Å². The quantitative estimate of drug-likeness (QED) is 0.110. The second-order valence-corrected chi connectivity index (χ2v) is 13.9. The molecule has 3 fully saturated rings. The molecule has 3 aliphatic rings. The van der Waals surface area contributed by atoms with E-state index in [1.807, 2.05) is 0 Å². The Morgan fingerprint density at radius 1 is 0.894 bits per heavy atom. The molecular formula is C34H61N3O10. The Morgan fingerprint density at radius 3 is 2.26 bits per heavy atom. The van der Waals surface area contributed by atoms with E-state index in [-0.39, 0.29) is 43.3 Å². The highest BCUT2D eigenvalue weighted by Crippen LogP contribution is 2.33. The standard InChI is InChI=1S/C34H61N3O10/c1-22(2)24-12-14-26(15-13-24)46-27-18-25(20-38)37(19-27)30(42)11-7-4-8-16-35-29(41)10-6-5-9-17-45-34-31(36-23(3)40)33(44)32(43)28(21-39)47-34/h22,24-28,31-34,38-39,43-44H,4-21H2,1-3H3,(H,35,41)(H,36,40)/t24?,25-,26?,27+,28?,31?,32?,33?,34?/m0/s1. The number of rotatable bonds is 19. The first kappa shape index (κ1) is 39.6. The highest BCUT2D eigenvalue weighted by atomic mass is 16.7. The van der Waals surface area contributed by atoms with Crippen LogP contribution in [0.25, 0.3) is 0 Å². The summed E-state index contributed by atoms with van der Waals surface area (Å²) in [5.41, 5.74) is 0. The number of ether oxygens (including phenoxy) is 3. The maximum absolute atomic E-state index is 12.9. The Labute approximate surface area is 280 Å². The van der Waals surface area contributed by atoms with Crippen molar-refractivity contribution in [1.82, 2.24) is 15.5 Å². The minimum Gasteiger partial charge on any atom is -0.394 e. The average Bonchev–Trinajstić information content (AvgIpc) is 3.46. The van der Waals surface area contributed by atoms with Crippen molar-refractivity contribution in [2.45, 2.75) is 153 Å². The summed E-state index contributed by atoms with van der Waals surface area (Å²) in [6.45, 7) is 6.68. The lowest BCUT2D eigenvalue weighted by Gasteiger charge is -2.42. The number of hydrogen-bond donors (Lipinski definition) is 6. The zero-order valence-electron chi connectivity index (χ0n) is 28.7. The fourth-order valence-corrected chi connectivity index (χ4v) is 7.03. The number of unbranched alkanes of at least 4 members (excludes halogenated alkanes) is 4. The van der Waals surface area contributed by atoms with Gasteiger partial charge in [-0.05, 0) is 69.6 Å². The summed E-state index contributed by atoms with van der Waals surface area (Å²) >= 11 is 0. The summed E-state index contributed by atoms with van der Waals surface area (Å²) in [5, 5.41) is 45.2. The number of carbonyl (C=O) groups excluding carboxylic acids is 3. The van der Waals surface area contributed by atoms with Gasteiger partial charge in [-0.3, -0.25) is 14.4 Å². The molecule has 0 spiro atoms. The monoisotopic (exact) mass is 671 g/mol. The number of carbonyl (C=O) groups is 3. The molecule has 3 rings (SSSR count). The van der Waals surface area contributed by atoms with Gasteiger partial charge in [0.25, 0.3) is 0 Å². The smallest absolute Gasteiger partial charge is 0.222 e. The van der Waals surface area contributed by atoms with Crippen LogP contribution in [0.15, 0.2) is 0 Å². The van der Waals surface area contributed by atoms with Crippen molar-refractivity contribution in [3.05, 3.63) is 0 Å². The van der Waals surface area contributed by atoms with Gasteiger partial charge in [0.05, 0.1) is 31.5 Å². The molecule has 0 aromatic rings. The number of aliphatic hydroxyl groups is 4. The van der Waals surface area contributed by atoms with Crippen LogP contribution < -0.4 is 10.6 Å². The summed E-state index contributed by atoms with van der Waals surface area (Å²) in [4.78, 5) is 38.5. The van der Waals surface area contributed by atoms with Crippen molar-refractivity contribution >= 4 is 17.7 Å². The molecule has 5 unspecified atom stereocenters. The number of amides is 3. The van der Waals surface area contributed by atoms with Crippen LogP contribution in [0.4, 0.5) is 0 Å². The van der Waals surface area contributed by atoms with Crippen LogP contribution in [-0.4, -0.2) is 125 Å². The predicted molar refractivity (Wildman–Crippen MR) is 174 cm³/mol. The van der Waals surface area contributed by atoms with Crippen LogP contribution in [0.2, 0.25) is 0 Å². The number of nitrogens with zero attached hydrogens (tertiary/aromatic N) is 1. The van der Waals surface area contributed by atoms with Crippen molar-refractivity contribution in [3.8, 4) is 0 Å². The van der Waals surface area contributed by atoms with E-state index in [4.69, 9.17) is 14.2 Å². The SMILES string of the molecule is CC(=O)NC1C(OCCCCCC(=O)NCCCCCC(=O)N2C[C@H](OC3CCC(C(C)C)CC3)C[C@H]2CO)OC(CO)C(O)C1O. The number of nitrogens with one attached hydrogen (secondary N) is 2. The van der Waals surface area contributed by atoms with Gasteiger partial charge in [0.2, 0.25) is 17.7 Å². The third kappa shape index (κ3) is 12.8. The molecule has 2 aliphatic heterocycles. The van der Waals surface area contributed by atoms with E-state index in [2.05, 4.69) is 24.5 Å². The summed E-state index contributed by atoms with van der Waals surface area (Å²) < 4.78 is 17.6. The summed E-state index contributed by atoms with van der Waals surface area (Å²) in [5.74, 6) is 1.11. The molecule has 6 N–H and O–H groups in total. The zero-order chi connectivity index (χ0) is 34.3. The minimum atomic E-state index is -1.36. The number of aliphatic hydroxyl groups excluding tert-OH is 4. The molecule has 7 atom stereocenters. The minimum absolute atomic E-state index is 0.00334. The second-order valence-electron chi connectivity index (χ2n) is 13.9. The Balaban J connectivity index is 1.21.